The zero-order valence-corrected chi connectivity index (χ0v) is 20.5. The first-order valence-electron chi connectivity index (χ1n) is 12.2. The number of benzene rings is 2. The number of amides is 2. The van der Waals surface area contributed by atoms with E-state index in [1.165, 1.54) is 0 Å². The Morgan fingerprint density at radius 3 is 2.57 bits per heavy atom. The van der Waals surface area contributed by atoms with E-state index in [-0.39, 0.29) is 5.91 Å². The Kier molecular flexibility index (Phi) is 6.83. The van der Waals surface area contributed by atoms with Gasteiger partial charge in [-0.1, -0.05) is 30.3 Å². The van der Waals surface area contributed by atoms with Gasteiger partial charge in [-0.15, -0.1) is 0 Å². The third kappa shape index (κ3) is 5.29. The number of nitrogens with zero attached hydrogens (tertiary/aromatic N) is 2. The number of carbonyl (C=O) groups excluding carboxylic acids is 2. The number of para-hydroxylation sites is 1. The number of carbonyl (C=O) groups is 2. The lowest BCUT2D eigenvalue weighted by atomic mass is 9.92. The van der Waals surface area contributed by atoms with Gasteiger partial charge < -0.3 is 10.1 Å². The third-order valence-corrected chi connectivity index (χ3v) is 6.92. The Morgan fingerprint density at radius 2 is 1.81 bits per heavy atom. The number of hydroxylamine groups is 1. The summed E-state index contributed by atoms with van der Waals surface area (Å²) in [6.45, 7) is 2.71. The van der Waals surface area contributed by atoms with Crippen LogP contribution in [0.1, 0.15) is 28.8 Å². The van der Waals surface area contributed by atoms with Crippen LogP contribution < -0.4 is 15.5 Å². The minimum atomic E-state index is -0.907. The van der Waals surface area contributed by atoms with E-state index in [1.807, 2.05) is 73.7 Å². The van der Waals surface area contributed by atoms with Gasteiger partial charge in [0.1, 0.15) is 12.4 Å². The summed E-state index contributed by atoms with van der Waals surface area (Å²) in [7, 11) is 0. The number of aryl methyl sites for hydroxylation is 1. The second-order valence-electron chi connectivity index (χ2n) is 9.48. The van der Waals surface area contributed by atoms with Crippen LogP contribution in [-0.2, 0) is 29.2 Å². The molecule has 0 radical (unpaired) electrons. The molecule has 1 fully saturated rings. The molecule has 1 saturated carbocycles. The van der Waals surface area contributed by atoms with Gasteiger partial charge in [0, 0.05) is 35.6 Å². The molecule has 3 N–H and O–H groups in total. The summed E-state index contributed by atoms with van der Waals surface area (Å²) in [4.78, 5) is 33.9. The quantitative estimate of drug-likeness (QED) is 0.239. The highest BCUT2D eigenvalue weighted by Gasteiger charge is 2.63. The number of pyridine rings is 2. The Bertz CT molecular complexity index is 1430. The number of rotatable bonds is 9. The fraction of sp³-hybridized carbons (Fsp3) is 0.241. The minimum absolute atomic E-state index is 0.210. The average Bonchev–Trinajstić information content (AvgIpc) is 3.66. The summed E-state index contributed by atoms with van der Waals surface area (Å²) >= 11 is 0. The molecule has 188 valence electrons. The molecular weight excluding hydrogens is 468 g/mol. The number of hydrogen-bond donors (Lipinski definition) is 3. The van der Waals surface area contributed by atoms with Gasteiger partial charge in [0.2, 0.25) is 11.8 Å². The number of hydrogen-bond acceptors (Lipinski definition) is 6. The highest BCUT2D eigenvalue weighted by atomic mass is 16.5. The van der Waals surface area contributed by atoms with Crippen molar-refractivity contribution in [2.24, 2.45) is 11.3 Å². The lowest BCUT2D eigenvalue weighted by Crippen LogP contribution is -2.37. The maximum atomic E-state index is 13.2. The van der Waals surface area contributed by atoms with E-state index < -0.39 is 17.2 Å². The van der Waals surface area contributed by atoms with E-state index in [1.54, 1.807) is 17.9 Å². The van der Waals surface area contributed by atoms with Crippen LogP contribution in [0, 0.1) is 18.3 Å². The van der Waals surface area contributed by atoms with Crippen LogP contribution in [0.4, 0.5) is 0 Å². The molecule has 2 aromatic carbocycles. The van der Waals surface area contributed by atoms with E-state index in [0.717, 1.165) is 33.3 Å². The summed E-state index contributed by atoms with van der Waals surface area (Å²) in [5, 5.41) is 13.2. The molecule has 2 unspecified atom stereocenters. The highest BCUT2D eigenvalue weighted by Crippen LogP contribution is 2.55. The van der Waals surface area contributed by atoms with Crippen LogP contribution in [0.5, 0.6) is 5.75 Å². The lowest BCUT2D eigenvalue weighted by molar-refractivity contribution is -0.135. The van der Waals surface area contributed by atoms with Gasteiger partial charge in [-0.05, 0) is 67.3 Å². The molecule has 5 rings (SSSR count). The van der Waals surface area contributed by atoms with E-state index >= 15 is 0 Å². The van der Waals surface area contributed by atoms with Crippen LogP contribution in [0.2, 0.25) is 0 Å². The van der Waals surface area contributed by atoms with E-state index in [0.29, 0.717) is 31.7 Å². The fourth-order valence-corrected chi connectivity index (χ4v) is 4.86. The van der Waals surface area contributed by atoms with Gasteiger partial charge in [-0.25, -0.2) is 5.48 Å². The van der Waals surface area contributed by atoms with Crippen molar-refractivity contribution in [3.63, 3.8) is 0 Å². The van der Waals surface area contributed by atoms with Gasteiger partial charge >= 0.3 is 0 Å². The van der Waals surface area contributed by atoms with Crippen LogP contribution >= 0.6 is 0 Å². The SMILES string of the molecule is Cc1cc(COc2ccc(CC3(C(=O)NCc4ccncc4)CC3C(=O)NO)cc2)c2ccccc2n1. The zero-order chi connectivity index (χ0) is 25.8. The largest absolute Gasteiger partial charge is 0.489 e. The maximum absolute atomic E-state index is 13.2. The number of fused-ring (bicyclic) bond motifs is 1. The Morgan fingerprint density at radius 1 is 1.05 bits per heavy atom. The van der Waals surface area contributed by atoms with Gasteiger partial charge in [0.05, 0.1) is 16.8 Å². The van der Waals surface area contributed by atoms with Gasteiger partial charge in [-0.2, -0.15) is 0 Å². The van der Waals surface area contributed by atoms with Crippen molar-refractivity contribution in [2.75, 3.05) is 0 Å². The maximum Gasteiger partial charge on any atom is 0.247 e. The predicted octanol–water partition coefficient (Wildman–Crippen LogP) is 3.89. The molecule has 37 heavy (non-hydrogen) atoms. The van der Waals surface area contributed by atoms with Crippen LogP contribution in [-0.4, -0.2) is 27.0 Å². The van der Waals surface area contributed by atoms with Crippen molar-refractivity contribution in [1.29, 1.82) is 0 Å². The van der Waals surface area contributed by atoms with Crippen molar-refractivity contribution >= 4 is 22.7 Å². The van der Waals surface area contributed by atoms with Crippen molar-refractivity contribution in [3.8, 4) is 5.75 Å². The van der Waals surface area contributed by atoms with Crippen molar-refractivity contribution in [2.45, 2.75) is 32.9 Å². The van der Waals surface area contributed by atoms with Crippen molar-refractivity contribution in [1.82, 2.24) is 20.8 Å². The average molecular weight is 497 g/mol. The first-order chi connectivity index (χ1) is 18.0. The molecule has 0 spiro atoms. The molecule has 8 heteroatoms. The highest BCUT2D eigenvalue weighted by molar-refractivity contribution is 5.95. The topological polar surface area (TPSA) is 113 Å². The summed E-state index contributed by atoms with van der Waals surface area (Å²) < 4.78 is 6.06. The lowest BCUT2D eigenvalue weighted by Gasteiger charge is -2.18. The number of aromatic nitrogens is 2. The monoisotopic (exact) mass is 496 g/mol. The third-order valence-electron chi connectivity index (χ3n) is 6.92. The molecule has 0 saturated heterocycles. The first kappa shape index (κ1) is 24.4. The van der Waals surface area contributed by atoms with Crippen molar-refractivity contribution < 1.29 is 19.5 Å². The molecule has 2 amide bonds. The molecule has 8 nitrogen and oxygen atoms in total. The Hall–Kier alpha value is -4.30. The summed E-state index contributed by atoms with van der Waals surface area (Å²) in [6, 6.07) is 21.2. The standard InChI is InChI=1S/C29H28N4O4/c1-19-14-22(24-4-2-3-5-26(24)32-19)18-37-23-8-6-20(7-9-23)15-29(16-25(29)27(34)33-36)28(35)31-17-21-10-12-30-13-11-21/h2-14,25,36H,15-18H2,1H3,(H,31,35)(H,33,34). The van der Waals surface area contributed by atoms with Gasteiger partial charge in [0.15, 0.2) is 0 Å². The summed E-state index contributed by atoms with van der Waals surface area (Å²) in [5.74, 6) is -0.634. The van der Waals surface area contributed by atoms with E-state index in [9.17, 15) is 9.59 Å². The first-order valence-corrected chi connectivity index (χ1v) is 12.2. The summed E-state index contributed by atoms with van der Waals surface area (Å²) in [6.07, 6.45) is 4.08. The van der Waals surface area contributed by atoms with Crippen molar-refractivity contribution in [3.05, 3.63) is 102 Å². The molecular formula is C29H28N4O4. The van der Waals surface area contributed by atoms with Gasteiger partial charge in [-0.3, -0.25) is 24.8 Å². The summed E-state index contributed by atoms with van der Waals surface area (Å²) in [5.41, 5.74) is 5.56. The number of ether oxygens (including phenoxy) is 1. The molecule has 0 aliphatic heterocycles. The molecule has 1 aliphatic carbocycles. The van der Waals surface area contributed by atoms with Crippen LogP contribution in [0.3, 0.4) is 0 Å². The second kappa shape index (κ2) is 10.4. The zero-order valence-electron chi connectivity index (χ0n) is 20.5. The molecule has 2 atom stereocenters. The van der Waals surface area contributed by atoms with E-state index in [2.05, 4.69) is 15.3 Å². The van der Waals surface area contributed by atoms with Crippen LogP contribution in [0.25, 0.3) is 10.9 Å². The van der Waals surface area contributed by atoms with E-state index in [4.69, 9.17) is 9.94 Å². The minimum Gasteiger partial charge on any atom is -0.489 e. The second-order valence-corrected chi connectivity index (χ2v) is 9.48. The fourth-order valence-electron chi connectivity index (χ4n) is 4.86. The molecule has 2 heterocycles. The molecule has 2 aromatic heterocycles. The Labute approximate surface area is 214 Å². The van der Waals surface area contributed by atoms with Gasteiger partial charge in [0.25, 0.3) is 0 Å². The predicted molar refractivity (Wildman–Crippen MR) is 138 cm³/mol. The smallest absolute Gasteiger partial charge is 0.247 e. The molecule has 1 aliphatic rings. The molecule has 4 aromatic rings. The molecule has 0 bridgehead atoms. The number of nitrogens with one attached hydrogen (secondary N) is 2. The van der Waals surface area contributed by atoms with Crippen LogP contribution in [0.15, 0.2) is 79.1 Å². The Balaban J connectivity index is 1.26. The normalized spacial score (nSPS) is 18.3.